The van der Waals surface area contributed by atoms with Gasteiger partial charge in [0, 0.05) is 12.6 Å². The van der Waals surface area contributed by atoms with Crippen LogP contribution in [0.1, 0.15) is 25.7 Å². The Bertz CT molecular complexity index is 396. The van der Waals surface area contributed by atoms with E-state index in [0.717, 1.165) is 12.8 Å². The summed E-state index contributed by atoms with van der Waals surface area (Å²) in [5.74, 6) is -2.06. The van der Waals surface area contributed by atoms with Gasteiger partial charge in [-0.1, -0.05) is 0 Å². The smallest absolute Gasteiger partial charge is 0.354 e. The van der Waals surface area contributed by atoms with Crippen LogP contribution in [-0.4, -0.2) is 36.6 Å². The number of amides is 2. The lowest BCUT2D eigenvalue weighted by atomic mass is 9.92. The van der Waals surface area contributed by atoms with E-state index in [-0.39, 0.29) is 25.4 Å². The van der Waals surface area contributed by atoms with Gasteiger partial charge in [0.05, 0.1) is 0 Å². The summed E-state index contributed by atoms with van der Waals surface area (Å²) in [5, 5.41) is 4.41. The highest BCUT2D eigenvalue weighted by Crippen LogP contribution is 2.31. The van der Waals surface area contributed by atoms with E-state index in [9.17, 15) is 22.8 Å². The molecule has 3 unspecified atom stereocenters. The molecule has 0 radical (unpaired) electrons. The molecule has 5 nitrogen and oxygen atoms in total. The zero-order chi connectivity index (χ0) is 14.9. The van der Waals surface area contributed by atoms with Crippen LogP contribution in [0.25, 0.3) is 0 Å². The Balaban J connectivity index is 1.81. The Morgan fingerprint density at radius 1 is 1.35 bits per heavy atom. The van der Waals surface area contributed by atoms with Crippen molar-refractivity contribution in [2.75, 3.05) is 6.54 Å². The zero-order valence-corrected chi connectivity index (χ0v) is 10.9. The summed E-state index contributed by atoms with van der Waals surface area (Å²) in [6, 6.07) is -2.00. The second-order valence-corrected chi connectivity index (χ2v) is 5.48. The number of halogens is 3. The molecule has 1 aliphatic heterocycles. The Hall–Kier alpha value is -1.31. The maximum absolute atomic E-state index is 12.5. The monoisotopic (exact) mass is 293 g/mol. The number of alkyl halides is 3. The predicted molar refractivity (Wildman–Crippen MR) is 64.4 cm³/mol. The first kappa shape index (κ1) is 15.1. The maximum atomic E-state index is 12.5. The SMILES string of the molecule is NC(CNC(=O)C1CCC(C(F)(F)F)NC1=O)C1CC1. The summed E-state index contributed by atoms with van der Waals surface area (Å²) >= 11 is 0. The molecule has 1 heterocycles. The molecule has 2 rings (SSSR count). The van der Waals surface area contributed by atoms with Crippen LogP contribution in [0.15, 0.2) is 0 Å². The van der Waals surface area contributed by atoms with E-state index in [1.807, 2.05) is 5.32 Å². The Morgan fingerprint density at radius 2 is 2.00 bits per heavy atom. The molecule has 2 aliphatic rings. The molecule has 0 spiro atoms. The van der Waals surface area contributed by atoms with E-state index < -0.39 is 30.0 Å². The van der Waals surface area contributed by atoms with Crippen LogP contribution < -0.4 is 16.4 Å². The Labute approximate surface area is 114 Å². The minimum absolute atomic E-state index is 0.0967. The van der Waals surface area contributed by atoms with Crippen molar-refractivity contribution in [2.45, 2.75) is 43.9 Å². The number of carbonyl (C=O) groups excluding carboxylic acids is 2. The molecule has 1 saturated carbocycles. The minimum atomic E-state index is -4.47. The number of nitrogens with one attached hydrogen (secondary N) is 2. The first-order valence-corrected chi connectivity index (χ1v) is 6.69. The van der Waals surface area contributed by atoms with E-state index >= 15 is 0 Å². The van der Waals surface area contributed by atoms with Gasteiger partial charge in [0.25, 0.3) is 0 Å². The van der Waals surface area contributed by atoms with Crippen molar-refractivity contribution in [3.05, 3.63) is 0 Å². The summed E-state index contributed by atoms with van der Waals surface area (Å²) in [6.07, 6.45) is -2.77. The van der Waals surface area contributed by atoms with Gasteiger partial charge in [0.1, 0.15) is 12.0 Å². The van der Waals surface area contributed by atoms with E-state index in [1.165, 1.54) is 0 Å². The molecule has 0 bridgehead atoms. The number of nitrogens with two attached hydrogens (primary N) is 1. The minimum Gasteiger partial charge on any atom is -0.354 e. The second-order valence-electron chi connectivity index (χ2n) is 5.48. The van der Waals surface area contributed by atoms with E-state index in [1.54, 1.807) is 0 Å². The van der Waals surface area contributed by atoms with Crippen LogP contribution >= 0.6 is 0 Å². The maximum Gasteiger partial charge on any atom is 0.408 e. The predicted octanol–water partition coefficient (Wildman–Crippen LogP) is 0.297. The Kier molecular flexibility index (Phi) is 4.22. The fraction of sp³-hybridized carbons (Fsp3) is 0.833. The van der Waals surface area contributed by atoms with Crippen molar-refractivity contribution in [1.82, 2.24) is 10.6 Å². The summed E-state index contributed by atoms with van der Waals surface area (Å²) in [5.41, 5.74) is 5.81. The van der Waals surface area contributed by atoms with Gasteiger partial charge in [-0.3, -0.25) is 9.59 Å². The number of hydrogen-bond donors (Lipinski definition) is 3. The van der Waals surface area contributed by atoms with E-state index in [4.69, 9.17) is 5.73 Å². The van der Waals surface area contributed by atoms with Gasteiger partial charge in [-0.2, -0.15) is 13.2 Å². The lowest BCUT2D eigenvalue weighted by Gasteiger charge is -2.30. The summed E-state index contributed by atoms with van der Waals surface area (Å²) < 4.78 is 37.4. The average molecular weight is 293 g/mol. The second kappa shape index (κ2) is 5.59. The molecule has 8 heteroatoms. The van der Waals surface area contributed by atoms with E-state index in [2.05, 4.69) is 5.32 Å². The molecular weight excluding hydrogens is 275 g/mol. The first-order chi connectivity index (χ1) is 9.29. The van der Waals surface area contributed by atoms with Crippen molar-refractivity contribution >= 4 is 11.8 Å². The third-order valence-electron chi connectivity index (χ3n) is 3.83. The van der Waals surface area contributed by atoms with Gasteiger partial charge in [-0.25, -0.2) is 0 Å². The Morgan fingerprint density at radius 3 is 2.50 bits per heavy atom. The molecule has 2 fully saturated rings. The van der Waals surface area contributed by atoms with Gasteiger partial charge in [0.2, 0.25) is 11.8 Å². The molecule has 20 heavy (non-hydrogen) atoms. The first-order valence-electron chi connectivity index (χ1n) is 6.69. The molecule has 114 valence electrons. The quantitative estimate of drug-likeness (QED) is 0.652. The van der Waals surface area contributed by atoms with E-state index in [0.29, 0.717) is 5.92 Å². The van der Waals surface area contributed by atoms with Gasteiger partial charge in [-0.15, -0.1) is 0 Å². The van der Waals surface area contributed by atoms with Crippen LogP contribution in [0.5, 0.6) is 0 Å². The van der Waals surface area contributed by atoms with Crippen LogP contribution in [0.2, 0.25) is 0 Å². The third kappa shape index (κ3) is 3.62. The largest absolute Gasteiger partial charge is 0.408 e. The molecule has 1 aliphatic carbocycles. The normalized spacial score (nSPS) is 28.7. The van der Waals surface area contributed by atoms with Gasteiger partial charge in [0.15, 0.2) is 0 Å². The highest BCUT2D eigenvalue weighted by molar-refractivity contribution is 6.00. The van der Waals surface area contributed by atoms with Crippen LogP contribution in [-0.2, 0) is 9.59 Å². The average Bonchev–Trinajstić information content (AvgIpc) is 3.18. The molecule has 0 aromatic rings. The standard InChI is InChI=1S/C12H18F3N3O2/c13-12(14,15)9-4-3-7(11(20)18-9)10(19)17-5-8(16)6-1-2-6/h6-9H,1-5,16H2,(H,17,19)(H,18,20). The lowest BCUT2D eigenvalue weighted by Crippen LogP contribution is -2.55. The van der Waals surface area contributed by atoms with Gasteiger partial charge >= 0.3 is 6.18 Å². The van der Waals surface area contributed by atoms with Crippen LogP contribution in [0.3, 0.4) is 0 Å². The topological polar surface area (TPSA) is 84.2 Å². The number of carbonyl (C=O) groups is 2. The van der Waals surface area contributed by atoms with Crippen LogP contribution in [0, 0.1) is 11.8 Å². The van der Waals surface area contributed by atoms with Crippen molar-refractivity contribution in [2.24, 2.45) is 17.6 Å². The number of piperidine rings is 1. The molecule has 4 N–H and O–H groups in total. The molecule has 2 amide bonds. The van der Waals surface area contributed by atoms with Gasteiger partial charge in [-0.05, 0) is 31.6 Å². The summed E-state index contributed by atoms with van der Waals surface area (Å²) in [7, 11) is 0. The zero-order valence-electron chi connectivity index (χ0n) is 10.9. The van der Waals surface area contributed by atoms with Gasteiger partial charge < -0.3 is 16.4 Å². The van der Waals surface area contributed by atoms with Crippen LogP contribution in [0.4, 0.5) is 13.2 Å². The van der Waals surface area contributed by atoms with Crippen molar-refractivity contribution in [3.8, 4) is 0 Å². The molecule has 3 atom stereocenters. The molecule has 1 saturated heterocycles. The highest BCUT2D eigenvalue weighted by Gasteiger charge is 2.45. The molecule has 0 aromatic heterocycles. The summed E-state index contributed by atoms with van der Waals surface area (Å²) in [6.45, 7) is 0.260. The van der Waals surface area contributed by atoms with Crippen molar-refractivity contribution in [1.29, 1.82) is 0 Å². The number of rotatable bonds is 4. The molecular formula is C12H18F3N3O2. The van der Waals surface area contributed by atoms with Crippen molar-refractivity contribution < 1.29 is 22.8 Å². The lowest BCUT2D eigenvalue weighted by molar-refractivity contribution is -0.171. The third-order valence-corrected chi connectivity index (χ3v) is 3.83. The van der Waals surface area contributed by atoms with Crippen molar-refractivity contribution in [3.63, 3.8) is 0 Å². The fourth-order valence-electron chi connectivity index (χ4n) is 2.34. The molecule has 0 aromatic carbocycles. The summed E-state index contributed by atoms with van der Waals surface area (Å²) in [4.78, 5) is 23.4. The highest BCUT2D eigenvalue weighted by atomic mass is 19.4. The fourth-order valence-corrected chi connectivity index (χ4v) is 2.34. The number of hydrogen-bond acceptors (Lipinski definition) is 3.